The van der Waals surface area contributed by atoms with E-state index in [-0.39, 0.29) is 6.10 Å². The molecule has 1 fully saturated rings. The first-order valence-corrected chi connectivity index (χ1v) is 3.85. The molecule has 11 heavy (non-hydrogen) atoms. The minimum absolute atomic E-state index is 0.211. The summed E-state index contributed by atoms with van der Waals surface area (Å²) in [6, 6.07) is 0. The van der Waals surface area contributed by atoms with E-state index in [0.717, 1.165) is 0 Å². The van der Waals surface area contributed by atoms with Gasteiger partial charge in [-0.1, -0.05) is 0 Å². The summed E-state index contributed by atoms with van der Waals surface area (Å²) in [5.41, 5.74) is -0.812. The molecular weight excluding hydrogens is 144 g/mol. The van der Waals surface area contributed by atoms with Gasteiger partial charge < -0.3 is 14.6 Å². The smallest absolute Gasteiger partial charge is 0.163 e. The van der Waals surface area contributed by atoms with Crippen molar-refractivity contribution in [3.63, 3.8) is 0 Å². The van der Waals surface area contributed by atoms with E-state index in [1.165, 1.54) is 0 Å². The van der Waals surface area contributed by atoms with Crippen LogP contribution >= 0.6 is 0 Å². The molecule has 1 aliphatic rings. The van der Waals surface area contributed by atoms with E-state index in [0.29, 0.717) is 6.61 Å². The highest BCUT2D eigenvalue weighted by Gasteiger charge is 2.40. The molecule has 0 saturated carbocycles. The Morgan fingerprint density at radius 1 is 1.45 bits per heavy atom. The van der Waals surface area contributed by atoms with Gasteiger partial charge in [0.15, 0.2) is 5.79 Å². The molecular formula is C8H16O3. The lowest BCUT2D eigenvalue weighted by atomic mass is 10.0. The molecule has 0 aliphatic carbocycles. The fourth-order valence-electron chi connectivity index (χ4n) is 1.04. The molecule has 0 aromatic carbocycles. The maximum absolute atomic E-state index is 9.54. The van der Waals surface area contributed by atoms with Crippen LogP contribution in [0.5, 0.6) is 0 Å². The van der Waals surface area contributed by atoms with Crippen LogP contribution in [0, 0.1) is 0 Å². The van der Waals surface area contributed by atoms with Crippen LogP contribution in [0.15, 0.2) is 0 Å². The molecule has 1 heterocycles. The van der Waals surface area contributed by atoms with Crippen molar-refractivity contribution in [1.29, 1.82) is 0 Å². The molecule has 0 bridgehead atoms. The SMILES string of the molecule is CC1(C)OC[C@H](C(C)(C)O)O1. The summed E-state index contributed by atoms with van der Waals surface area (Å²) >= 11 is 0. The van der Waals surface area contributed by atoms with Crippen molar-refractivity contribution in [1.82, 2.24) is 0 Å². The summed E-state index contributed by atoms with van der Waals surface area (Å²) in [5.74, 6) is -0.537. The maximum atomic E-state index is 9.54. The molecule has 3 nitrogen and oxygen atoms in total. The van der Waals surface area contributed by atoms with E-state index in [1.54, 1.807) is 13.8 Å². The highest BCUT2D eigenvalue weighted by atomic mass is 16.7. The number of ether oxygens (including phenoxy) is 2. The first kappa shape index (κ1) is 8.97. The largest absolute Gasteiger partial charge is 0.388 e. The van der Waals surface area contributed by atoms with Gasteiger partial charge in [-0.15, -0.1) is 0 Å². The fraction of sp³-hybridized carbons (Fsp3) is 1.00. The molecule has 0 aromatic heterocycles. The number of aliphatic hydroxyl groups is 1. The van der Waals surface area contributed by atoms with Crippen LogP contribution in [0.25, 0.3) is 0 Å². The van der Waals surface area contributed by atoms with Gasteiger partial charge in [0.1, 0.15) is 6.10 Å². The Bertz CT molecular complexity index is 146. The van der Waals surface area contributed by atoms with Gasteiger partial charge in [-0.3, -0.25) is 0 Å². The molecule has 0 aromatic rings. The molecule has 0 unspecified atom stereocenters. The van der Waals surface area contributed by atoms with Gasteiger partial charge in [-0.05, 0) is 27.7 Å². The van der Waals surface area contributed by atoms with Crippen LogP contribution in [0.1, 0.15) is 27.7 Å². The van der Waals surface area contributed by atoms with Crippen molar-refractivity contribution in [2.24, 2.45) is 0 Å². The second-order valence-corrected chi connectivity index (χ2v) is 3.97. The average Bonchev–Trinajstić information content (AvgIpc) is 2.07. The quantitative estimate of drug-likeness (QED) is 0.619. The monoisotopic (exact) mass is 160 g/mol. The lowest BCUT2D eigenvalue weighted by molar-refractivity contribution is -0.163. The molecule has 1 aliphatic heterocycles. The van der Waals surface area contributed by atoms with Gasteiger partial charge in [0.05, 0.1) is 12.2 Å². The molecule has 0 amide bonds. The lowest BCUT2D eigenvalue weighted by Crippen LogP contribution is -2.38. The normalized spacial score (nSPS) is 30.8. The van der Waals surface area contributed by atoms with Gasteiger partial charge >= 0.3 is 0 Å². The zero-order valence-corrected chi connectivity index (χ0v) is 7.55. The second-order valence-electron chi connectivity index (χ2n) is 3.97. The van der Waals surface area contributed by atoms with E-state index < -0.39 is 11.4 Å². The summed E-state index contributed by atoms with van der Waals surface area (Å²) in [4.78, 5) is 0. The van der Waals surface area contributed by atoms with Gasteiger partial charge in [0, 0.05) is 0 Å². The molecule has 0 spiro atoms. The third kappa shape index (κ3) is 2.15. The van der Waals surface area contributed by atoms with Gasteiger partial charge in [0.2, 0.25) is 0 Å². The average molecular weight is 160 g/mol. The molecule has 1 saturated heterocycles. The van der Waals surface area contributed by atoms with E-state index in [9.17, 15) is 5.11 Å². The van der Waals surface area contributed by atoms with Crippen LogP contribution in [-0.2, 0) is 9.47 Å². The van der Waals surface area contributed by atoms with Crippen LogP contribution in [-0.4, -0.2) is 29.2 Å². The highest BCUT2D eigenvalue weighted by molar-refractivity contribution is 4.83. The zero-order chi connectivity index (χ0) is 8.70. The van der Waals surface area contributed by atoms with Crippen LogP contribution in [0.4, 0.5) is 0 Å². The summed E-state index contributed by atoms with van der Waals surface area (Å²) in [7, 11) is 0. The molecule has 66 valence electrons. The molecule has 0 radical (unpaired) electrons. The summed E-state index contributed by atoms with van der Waals surface area (Å²) < 4.78 is 10.7. The van der Waals surface area contributed by atoms with Crippen molar-refractivity contribution >= 4 is 0 Å². The van der Waals surface area contributed by atoms with Gasteiger partial charge in [-0.25, -0.2) is 0 Å². The Labute approximate surface area is 67.3 Å². The number of hydrogen-bond acceptors (Lipinski definition) is 3. The molecule has 1 rings (SSSR count). The zero-order valence-electron chi connectivity index (χ0n) is 7.55. The standard InChI is InChI=1S/C8H16O3/c1-7(2,9)6-5-10-8(3,4)11-6/h6,9H,5H2,1-4H3/t6-/m1/s1. The van der Waals surface area contributed by atoms with Crippen LogP contribution < -0.4 is 0 Å². The Morgan fingerprint density at radius 2 is 2.00 bits per heavy atom. The summed E-state index contributed by atoms with van der Waals surface area (Å²) in [5, 5.41) is 9.54. The first-order chi connectivity index (χ1) is 4.81. The maximum Gasteiger partial charge on any atom is 0.163 e. The Balaban J connectivity index is 2.55. The third-order valence-corrected chi connectivity index (χ3v) is 1.80. The molecule has 3 heteroatoms. The molecule has 1 atom stereocenters. The third-order valence-electron chi connectivity index (χ3n) is 1.80. The fourth-order valence-corrected chi connectivity index (χ4v) is 1.04. The topological polar surface area (TPSA) is 38.7 Å². The lowest BCUT2D eigenvalue weighted by Gasteiger charge is -2.25. The first-order valence-electron chi connectivity index (χ1n) is 3.85. The van der Waals surface area contributed by atoms with Crippen molar-refractivity contribution in [3.05, 3.63) is 0 Å². The van der Waals surface area contributed by atoms with Crippen LogP contribution in [0.2, 0.25) is 0 Å². The van der Waals surface area contributed by atoms with Crippen molar-refractivity contribution < 1.29 is 14.6 Å². The highest BCUT2D eigenvalue weighted by Crippen LogP contribution is 2.28. The Morgan fingerprint density at radius 3 is 2.18 bits per heavy atom. The van der Waals surface area contributed by atoms with E-state index in [2.05, 4.69) is 0 Å². The minimum Gasteiger partial charge on any atom is -0.388 e. The number of hydrogen-bond donors (Lipinski definition) is 1. The van der Waals surface area contributed by atoms with E-state index in [1.807, 2.05) is 13.8 Å². The minimum atomic E-state index is -0.812. The van der Waals surface area contributed by atoms with E-state index in [4.69, 9.17) is 9.47 Å². The Kier molecular flexibility index (Phi) is 1.99. The van der Waals surface area contributed by atoms with Gasteiger partial charge in [0.25, 0.3) is 0 Å². The second kappa shape index (κ2) is 2.44. The van der Waals surface area contributed by atoms with Crippen molar-refractivity contribution in [2.75, 3.05) is 6.61 Å². The van der Waals surface area contributed by atoms with Crippen LogP contribution in [0.3, 0.4) is 0 Å². The van der Waals surface area contributed by atoms with Crippen molar-refractivity contribution in [3.8, 4) is 0 Å². The predicted molar refractivity (Wildman–Crippen MR) is 41.2 cm³/mol. The van der Waals surface area contributed by atoms with E-state index >= 15 is 0 Å². The van der Waals surface area contributed by atoms with Crippen molar-refractivity contribution in [2.45, 2.75) is 45.2 Å². The summed E-state index contributed by atoms with van der Waals surface area (Å²) in [6.07, 6.45) is -0.211. The summed E-state index contributed by atoms with van der Waals surface area (Å²) in [6.45, 7) is 7.61. The number of rotatable bonds is 1. The van der Waals surface area contributed by atoms with Gasteiger partial charge in [-0.2, -0.15) is 0 Å². The molecule has 1 N–H and O–H groups in total. The predicted octanol–water partition coefficient (Wildman–Crippen LogP) is 0.909. The Hall–Kier alpha value is -0.120.